The summed E-state index contributed by atoms with van der Waals surface area (Å²) in [6.07, 6.45) is 6.49. The maximum atomic E-state index is 11.9. The Bertz CT molecular complexity index is 2100. The van der Waals surface area contributed by atoms with Crippen molar-refractivity contribution >= 4 is 62.1 Å². The molecule has 0 saturated heterocycles. The molecule has 0 fully saturated rings. The molecule has 6 rings (SSSR count). The van der Waals surface area contributed by atoms with Crippen molar-refractivity contribution < 1.29 is 48.3 Å². The van der Waals surface area contributed by atoms with E-state index in [0.717, 1.165) is 53.5 Å². The molecule has 3 aromatic heterocycles. The molecular formula is C43H56ClN3O10. The molecule has 0 aliphatic rings. The Morgan fingerprint density at radius 1 is 0.737 bits per heavy atom. The van der Waals surface area contributed by atoms with Gasteiger partial charge in [0.05, 0.1) is 5.52 Å². The summed E-state index contributed by atoms with van der Waals surface area (Å²) in [6, 6.07) is 21.6. The highest BCUT2D eigenvalue weighted by atomic mass is 35.5. The van der Waals surface area contributed by atoms with Gasteiger partial charge in [-0.15, -0.1) is 0 Å². The molecule has 3 heterocycles. The highest BCUT2D eigenvalue weighted by Crippen LogP contribution is 2.26. The maximum absolute atomic E-state index is 11.9. The molecule has 14 heteroatoms. The van der Waals surface area contributed by atoms with E-state index in [1.807, 2.05) is 89.5 Å². The summed E-state index contributed by atoms with van der Waals surface area (Å²) in [5, 5.41) is 21.4. The van der Waals surface area contributed by atoms with Gasteiger partial charge in [-0.1, -0.05) is 25.1 Å². The van der Waals surface area contributed by atoms with Crippen molar-refractivity contribution in [3.63, 3.8) is 0 Å². The first kappa shape index (κ1) is 47.7. The largest absolute Gasteiger partial charge is 0.507 e. The summed E-state index contributed by atoms with van der Waals surface area (Å²) in [6.45, 7) is 18.3. The van der Waals surface area contributed by atoms with E-state index in [1.165, 1.54) is 4.57 Å². The van der Waals surface area contributed by atoms with Crippen molar-refractivity contribution in [2.24, 2.45) is 0 Å². The van der Waals surface area contributed by atoms with E-state index in [2.05, 4.69) is 21.6 Å². The van der Waals surface area contributed by atoms with Crippen molar-refractivity contribution in [3.8, 4) is 17.2 Å². The van der Waals surface area contributed by atoms with E-state index in [4.69, 9.17) is 30.5 Å². The molecular weight excluding hydrogens is 754 g/mol. The number of hydrogen-bond donors (Lipinski definition) is 4. The summed E-state index contributed by atoms with van der Waals surface area (Å²) in [5.41, 5.74) is 0.878. The van der Waals surface area contributed by atoms with Crippen LogP contribution in [-0.2, 0) is 23.7 Å². The van der Waals surface area contributed by atoms with Crippen LogP contribution in [0.2, 0.25) is 0 Å². The summed E-state index contributed by atoms with van der Waals surface area (Å²) < 4.78 is 26.9. The third-order valence-electron chi connectivity index (χ3n) is 7.16. The Kier molecular flexibility index (Phi) is 19.7. The van der Waals surface area contributed by atoms with Gasteiger partial charge in [0.2, 0.25) is 0 Å². The Morgan fingerprint density at radius 2 is 1.26 bits per heavy atom. The second-order valence-corrected chi connectivity index (χ2v) is 14.3. The Balaban J connectivity index is 0.000000254. The van der Waals surface area contributed by atoms with Crippen molar-refractivity contribution in [2.75, 3.05) is 19.8 Å². The fourth-order valence-corrected chi connectivity index (χ4v) is 5.12. The number of halogens is 1. The lowest BCUT2D eigenvalue weighted by Gasteiger charge is -2.19. The molecule has 0 aliphatic heterocycles. The van der Waals surface area contributed by atoms with Crippen LogP contribution >= 0.6 is 11.6 Å². The van der Waals surface area contributed by atoms with Crippen LogP contribution in [-0.4, -0.2) is 79.9 Å². The first-order chi connectivity index (χ1) is 26.9. The third-order valence-corrected chi connectivity index (χ3v) is 7.24. The van der Waals surface area contributed by atoms with Gasteiger partial charge in [0.15, 0.2) is 12.6 Å². The number of aromatic nitrogens is 3. The maximum Gasteiger partial charge on any atom is 0.418 e. The minimum absolute atomic E-state index is 0.0139. The normalized spacial score (nSPS) is 10.9. The zero-order valence-corrected chi connectivity index (χ0v) is 34.9. The number of rotatable bonds is 8. The number of carbonyl (C=O) groups is 3. The first-order valence-corrected chi connectivity index (χ1v) is 18.8. The molecule has 57 heavy (non-hydrogen) atoms. The van der Waals surface area contributed by atoms with Crippen LogP contribution < -0.4 is 4.74 Å². The number of aldehydes is 1. The van der Waals surface area contributed by atoms with Gasteiger partial charge >= 0.3 is 11.5 Å². The fraction of sp³-hybridized carbons (Fsp3) is 0.372. The van der Waals surface area contributed by atoms with Gasteiger partial charge in [-0.2, -0.15) is 0 Å². The van der Waals surface area contributed by atoms with Crippen LogP contribution in [0.4, 0.5) is 9.59 Å². The van der Waals surface area contributed by atoms with Crippen LogP contribution in [0.3, 0.4) is 0 Å². The van der Waals surface area contributed by atoms with Gasteiger partial charge in [-0.05, 0) is 116 Å². The lowest BCUT2D eigenvalue weighted by atomic mass is 10.2. The van der Waals surface area contributed by atoms with Gasteiger partial charge in [0, 0.05) is 70.6 Å². The van der Waals surface area contributed by atoms with Gasteiger partial charge in [0.25, 0.3) is 0 Å². The molecule has 0 spiro atoms. The van der Waals surface area contributed by atoms with Crippen molar-refractivity contribution in [1.82, 2.24) is 14.5 Å². The number of aromatic amines is 2. The SMILES string of the molecule is CC(C)(C)OC(=O)Cl.CC(C)(C)OC(=O)n1ccc2c(O)cccc21.CCOC(CC)OCC.O=CCOc1cccc2[nH]ccc12.Oc1cccc2[nH]ccc12. The van der Waals surface area contributed by atoms with Crippen molar-refractivity contribution in [1.29, 1.82) is 0 Å². The number of phenols is 2. The monoisotopic (exact) mass is 809 g/mol. The number of aromatic hydroxyl groups is 2. The van der Waals surface area contributed by atoms with Crippen LogP contribution in [0.15, 0.2) is 91.4 Å². The zero-order valence-electron chi connectivity index (χ0n) is 34.1. The fourth-order valence-electron chi connectivity index (χ4n) is 4.89. The van der Waals surface area contributed by atoms with Gasteiger partial charge < -0.3 is 43.9 Å². The van der Waals surface area contributed by atoms with Crippen LogP contribution in [0.1, 0.15) is 68.7 Å². The number of H-pyrrole nitrogens is 2. The molecule has 0 atom stereocenters. The number of phenolic OH excluding ortho intramolecular Hbond substituents is 2. The molecule has 0 bridgehead atoms. The van der Waals surface area contributed by atoms with Gasteiger partial charge in [-0.3, -0.25) is 9.36 Å². The molecule has 0 saturated carbocycles. The quantitative estimate of drug-likeness (QED) is 0.0658. The summed E-state index contributed by atoms with van der Waals surface area (Å²) in [4.78, 5) is 38.1. The average Bonchev–Trinajstić information content (AvgIpc) is 3.91. The number of hydrogen-bond acceptors (Lipinski definition) is 10. The lowest BCUT2D eigenvalue weighted by Crippen LogP contribution is -2.26. The minimum atomic E-state index is -0.752. The number of benzene rings is 3. The summed E-state index contributed by atoms with van der Waals surface area (Å²) in [7, 11) is 0. The number of carbonyl (C=O) groups excluding carboxylic acids is 3. The number of nitrogens with one attached hydrogen (secondary N) is 2. The smallest absolute Gasteiger partial charge is 0.418 e. The third kappa shape index (κ3) is 17.0. The number of fused-ring (bicyclic) bond motifs is 3. The molecule has 4 N–H and O–H groups in total. The minimum Gasteiger partial charge on any atom is -0.507 e. The first-order valence-electron chi connectivity index (χ1n) is 18.5. The summed E-state index contributed by atoms with van der Waals surface area (Å²) in [5.74, 6) is 1.23. The van der Waals surface area contributed by atoms with E-state index < -0.39 is 22.7 Å². The molecule has 310 valence electrons. The number of ether oxygens (including phenoxy) is 5. The standard InChI is InChI=1S/C13H15NO3.C10H9NO2.C8H7NO.C7H16O2.C5H9ClO2/c1-13(2,3)17-12(16)14-8-7-9-10(14)5-4-6-11(9)15;12-6-7-13-10-3-1-2-9-8(10)4-5-11-9;10-8-3-1-2-7-6(8)4-5-9-7;1-4-7(8-5-2)9-6-3;1-5(2,3)8-4(6)7/h4-8,15H,1-3H3;1-6,11H,7H2;1-5,9-10H;7H,4-6H2,1-3H3;1-3H3. The highest BCUT2D eigenvalue weighted by molar-refractivity contribution is 6.61. The lowest BCUT2D eigenvalue weighted by molar-refractivity contribution is -0.136. The Labute approximate surface area is 338 Å². The molecule has 0 unspecified atom stereocenters. The average molecular weight is 810 g/mol. The number of nitrogens with zero attached hydrogens (tertiary/aromatic N) is 1. The molecule has 6 aromatic rings. The Morgan fingerprint density at radius 3 is 1.75 bits per heavy atom. The molecule has 0 radical (unpaired) electrons. The topological polar surface area (TPSA) is 174 Å². The van der Waals surface area contributed by atoms with Gasteiger partial charge in [0.1, 0.15) is 35.1 Å². The summed E-state index contributed by atoms with van der Waals surface area (Å²) >= 11 is 4.90. The Hall–Kier alpha value is -5.50. The predicted molar refractivity (Wildman–Crippen MR) is 224 cm³/mol. The van der Waals surface area contributed by atoms with Crippen LogP contribution in [0, 0.1) is 0 Å². The molecule has 13 nitrogen and oxygen atoms in total. The predicted octanol–water partition coefficient (Wildman–Crippen LogP) is 10.7. The highest BCUT2D eigenvalue weighted by Gasteiger charge is 2.19. The van der Waals surface area contributed by atoms with E-state index in [1.54, 1.807) is 57.3 Å². The van der Waals surface area contributed by atoms with E-state index in [0.29, 0.717) is 16.7 Å². The van der Waals surface area contributed by atoms with Crippen LogP contribution in [0.5, 0.6) is 17.2 Å². The van der Waals surface area contributed by atoms with Crippen molar-refractivity contribution in [2.45, 2.75) is 86.2 Å². The second kappa shape index (κ2) is 23.5. The zero-order chi connectivity index (χ0) is 42.6. The second-order valence-electron chi connectivity index (χ2n) is 14.0. The molecule has 0 amide bonds. The molecule has 3 aromatic carbocycles. The van der Waals surface area contributed by atoms with Crippen molar-refractivity contribution in [3.05, 3.63) is 91.4 Å². The van der Waals surface area contributed by atoms with E-state index in [9.17, 15) is 24.6 Å². The van der Waals surface area contributed by atoms with Crippen LogP contribution in [0.25, 0.3) is 32.7 Å². The van der Waals surface area contributed by atoms with Gasteiger partial charge in [-0.25, -0.2) is 9.59 Å². The van der Waals surface area contributed by atoms with E-state index >= 15 is 0 Å². The molecule has 0 aliphatic carbocycles. The van der Waals surface area contributed by atoms with E-state index in [-0.39, 0.29) is 18.6 Å².